The van der Waals surface area contributed by atoms with Crippen LogP contribution in [0.2, 0.25) is 0 Å². The highest BCUT2D eigenvalue weighted by Crippen LogP contribution is 2.36. The molecule has 0 bridgehead atoms. The fourth-order valence-electron chi connectivity index (χ4n) is 2.68. The summed E-state index contributed by atoms with van der Waals surface area (Å²) in [5.41, 5.74) is 2.06. The fourth-order valence-corrected chi connectivity index (χ4v) is 2.68. The van der Waals surface area contributed by atoms with Crippen LogP contribution in [0.3, 0.4) is 0 Å². The van der Waals surface area contributed by atoms with Crippen LogP contribution in [0.25, 0.3) is 0 Å². The molecule has 3 rings (SSSR count). The molecule has 2 heterocycles. The van der Waals surface area contributed by atoms with Crippen LogP contribution in [0.5, 0.6) is 5.75 Å². The summed E-state index contributed by atoms with van der Waals surface area (Å²) < 4.78 is 19.2. The molecule has 1 N–H and O–H groups in total. The van der Waals surface area contributed by atoms with Crippen LogP contribution in [-0.4, -0.2) is 13.2 Å². The van der Waals surface area contributed by atoms with Crippen molar-refractivity contribution in [3.63, 3.8) is 0 Å². The Morgan fingerprint density at radius 1 is 1.31 bits per heavy atom. The van der Waals surface area contributed by atoms with E-state index < -0.39 is 0 Å². The molecule has 0 spiro atoms. The third-order valence-corrected chi connectivity index (χ3v) is 3.43. The lowest BCUT2D eigenvalue weighted by Gasteiger charge is -2.23. The normalized spacial score (nSPS) is 23.9. The van der Waals surface area contributed by atoms with E-state index in [2.05, 4.69) is 5.32 Å². The van der Waals surface area contributed by atoms with E-state index in [0.29, 0.717) is 0 Å². The van der Waals surface area contributed by atoms with Crippen LogP contribution >= 0.6 is 0 Å². The zero-order valence-electron chi connectivity index (χ0n) is 9.26. The van der Waals surface area contributed by atoms with Crippen molar-refractivity contribution in [1.82, 2.24) is 5.32 Å². The van der Waals surface area contributed by atoms with E-state index in [4.69, 9.17) is 4.74 Å². The lowest BCUT2D eigenvalue weighted by Crippen LogP contribution is -2.18. The van der Waals surface area contributed by atoms with E-state index in [1.807, 2.05) is 0 Å². The predicted molar refractivity (Wildman–Crippen MR) is 60.2 cm³/mol. The highest BCUT2D eigenvalue weighted by Gasteiger charge is 2.24. The van der Waals surface area contributed by atoms with E-state index in [9.17, 15) is 4.39 Å². The van der Waals surface area contributed by atoms with E-state index >= 15 is 0 Å². The van der Waals surface area contributed by atoms with Crippen molar-refractivity contribution in [2.24, 2.45) is 0 Å². The molecule has 16 heavy (non-hydrogen) atoms. The van der Waals surface area contributed by atoms with Gasteiger partial charge in [-0.05, 0) is 49.9 Å². The number of rotatable bonds is 1. The Hall–Kier alpha value is -1.09. The number of halogens is 1. The second kappa shape index (κ2) is 4.06. The molecule has 2 aliphatic heterocycles. The van der Waals surface area contributed by atoms with Crippen LogP contribution in [0.1, 0.15) is 36.4 Å². The smallest absolute Gasteiger partial charge is 0.127 e. The maximum Gasteiger partial charge on any atom is 0.127 e. The number of benzene rings is 1. The van der Waals surface area contributed by atoms with Gasteiger partial charge in [0.2, 0.25) is 0 Å². The average molecular weight is 221 g/mol. The first-order valence-electron chi connectivity index (χ1n) is 6.03. The van der Waals surface area contributed by atoms with Crippen LogP contribution < -0.4 is 10.1 Å². The van der Waals surface area contributed by atoms with E-state index in [1.165, 1.54) is 0 Å². The molecule has 0 aliphatic carbocycles. The minimum atomic E-state index is -0.132. The molecular weight excluding hydrogens is 205 g/mol. The Morgan fingerprint density at radius 3 is 3.06 bits per heavy atom. The SMILES string of the molecule is Fc1cc2c(c([C@H]3CCCN3)c1)OCCC2. The minimum absolute atomic E-state index is 0.132. The quantitative estimate of drug-likeness (QED) is 0.787. The van der Waals surface area contributed by atoms with Crippen molar-refractivity contribution in [3.8, 4) is 5.75 Å². The van der Waals surface area contributed by atoms with Crippen molar-refractivity contribution >= 4 is 0 Å². The van der Waals surface area contributed by atoms with Gasteiger partial charge in [-0.3, -0.25) is 0 Å². The summed E-state index contributed by atoms with van der Waals surface area (Å²) in [4.78, 5) is 0. The third kappa shape index (κ3) is 1.69. The van der Waals surface area contributed by atoms with E-state index in [1.54, 1.807) is 12.1 Å². The molecule has 0 radical (unpaired) electrons. The lowest BCUT2D eigenvalue weighted by atomic mass is 9.97. The number of hydrogen-bond acceptors (Lipinski definition) is 2. The van der Waals surface area contributed by atoms with Crippen molar-refractivity contribution < 1.29 is 9.13 Å². The van der Waals surface area contributed by atoms with Gasteiger partial charge in [-0.1, -0.05) is 0 Å². The Labute approximate surface area is 94.8 Å². The average Bonchev–Trinajstić information content (AvgIpc) is 2.81. The topological polar surface area (TPSA) is 21.3 Å². The molecule has 2 aliphatic rings. The predicted octanol–water partition coefficient (Wildman–Crippen LogP) is 2.58. The molecule has 86 valence electrons. The monoisotopic (exact) mass is 221 g/mol. The number of aryl methyl sites for hydroxylation is 1. The molecule has 1 aromatic rings. The van der Waals surface area contributed by atoms with Crippen molar-refractivity contribution in [2.75, 3.05) is 13.2 Å². The standard InChI is InChI=1S/C13H16FNO/c14-10-7-9-3-2-6-16-13(9)11(8-10)12-4-1-5-15-12/h7-8,12,15H,1-6H2/t12-/m1/s1. The Kier molecular flexibility index (Phi) is 2.56. The van der Waals surface area contributed by atoms with Gasteiger partial charge in [0.25, 0.3) is 0 Å². The van der Waals surface area contributed by atoms with Gasteiger partial charge in [0, 0.05) is 11.6 Å². The maximum atomic E-state index is 13.5. The highest BCUT2D eigenvalue weighted by atomic mass is 19.1. The summed E-state index contributed by atoms with van der Waals surface area (Å²) >= 11 is 0. The molecular formula is C13H16FNO. The van der Waals surface area contributed by atoms with Crippen LogP contribution in [-0.2, 0) is 6.42 Å². The third-order valence-electron chi connectivity index (χ3n) is 3.43. The Balaban J connectivity index is 2.04. The zero-order chi connectivity index (χ0) is 11.0. The summed E-state index contributed by atoms with van der Waals surface area (Å²) in [5, 5.41) is 3.40. The van der Waals surface area contributed by atoms with Gasteiger partial charge < -0.3 is 10.1 Å². The van der Waals surface area contributed by atoms with E-state index in [0.717, 1.165) is 55.7 Å². The highest BCUT2D eigenvalue weighted by molar-refractivity contribution is 5.45. The van der Waals surface area contributed by atoms with Crippen molar-refractivity contribution in [1.29, 1.82) is 0 Å². The lowest BCUT2D eigenvalue weighted by molar-refractivity contribution is 0.281. The molecule has 0 saturated carbocycles. The summed E-state index contributed by atoms with van der Waals surface area (Å²) in [7, 11) is 0. The van der Waals surface area contributed by atoms with Crippen molar-refractivity contribution in [3.05, 3.63) is 29.1 Å². The van der Waals surface area contributed by atoms with Crippen molar-refractivity contribution in [2.45, 2.75) is 31.7 Å². The maximum absolute atomic E-state index is 13.5. The van der Waals surface area contributed by atoms with Gasteiger partial charge in [-0.2, -0.15) is 0 Å². The minimum Gasteiger partial charge on any atom is -0.493 e. The molecule has 3 heteroatoms. The summed E-state index contributed by atoms with van der Waals surface area (Å²) in [5.74, 6) is 0.806. The van der Waals surface area contributed by atoms with E-state index in [-0.39, 0.29) is 11.9 Å². The summed E-state index contributed by atoms with van der Waals surface area (Å²) in [6.45, 7) is 1.79. The second-order valence-electron chi connectivity index (χ2n) is 4.58. The summed E-state index contributed by atoms with van der Waals surface area (Å²) in [6, 6.07) is 3.53. The number of fused-ring (bicyclic) bond motifs is 1. The fraction of sp³-hybridized carbons (Fsp3) is 0.538. The number of hydrogen-bond donors (Lipinski definition) is 1. The Bertz CT molecular complexity index is 399. The van der Waals surface area contributed by atoms with Gasteiger partial charge in [0.05, 0.1) is 6.61 Å². The molecule has 1 saturated heterocycles. The zero-order valence-corrected chi connectivity index (χ0v) is 9.26. The Morgan fingerprint density at radius 2 is 2.25 bits per heavy atom. The largest absolute Gasteiger partial charge is 0.493 e. The summed E-state index contributed by atoms with van der Waals surface area (Å²) in [6.07, 6.45) is 4.18. The molecule has 2 nitrogen and oxygen atoms in total. The molecule has 0 aromatic heterocycles. The molecule has 0 amide bonds. The van der Waals surface area contributed by atoms with Gasteiger partial charge in [-0.15, -0.1) is 0 Å². The first-order chi connectivity index (χ1) is 7.84. The molecule has 1 aromatic carbocycles. The second-order valence-corrected chi connectivity index (χ2v) is 4.58. The van der Waals surface area contributed by atoms with Gasteiger partial charge in [0.15, 0.2) is 0 Å². The number of nitrogens with one attached hydrogen (secondary N) is 1. The van der Waals surface area contributed by atoms with Crippen LogP contribution in [0.15, 0.2) is 12.1 Å². The first kappa shape index (κ1) is 10.1. The van der Waals surface area contributed by atoms with Gasteiger partial charge >= 0.3 is 0 Å². The van der Waals surface area contributed by atoms with Gasteiger partial charge in [-0.25, -0.2) is 4.39 Å². The molecule has 1 fully saturated rings. The first-order valence-corrected chi connectivity index (χ1v) is 6.03. The number of ether oxygens (including phenoxy) is 1. The molecule has 1 atom stereocenters. The van der Waals surface area contributed by atoms with Crippen LogP contribution in [0.4, 0.5) is 4.39 Å². The van der Waals surface area contributed by atoms with Gasteiger partial charge in [0.1, 0.15) is 11.6 Å². The van der Waals surface area contributed by atoms with Crippen LogP contribution in [0, 0.1) is 5.82 Å². The molecule has 0 unspecified atom stereocenters.